The van der Waals surface area contributed by atoms with Crippen molar-refractivity contribution in [3.05, 3.63) is 47.7 Å². The minimum Gasteiger partial charge on any atom is -0.508 e. The number of aromatic hydroxyl groups is 1. The average Bonchev–Trinajstić information content (AvgIpc) is 2.89. The van der Waals surface area contributed by atoms with Crippen LogP contribution in [0.3, 0.4) is 0 Å². The molecule has 0 amide bonds. The fraction of sp³-hybridized carbons (Fsp3) is 0.296. The fourth-order valence-corrected chi connectivity index (χ4v) is 4.84. The maximum atomic E-state index is 16.1. The molecule has 0 saturated carbocycles. The molecule has 0 spiro atoms. The lowest BCUT2D eigenvalue weighted by Crippen LogP contribution is -2.35. The summed E-state index contributed by atoms with van der Waals surface area (Å²) in [5.41, 5.74) is 0.0204. The molecule has 0 radical (unpaired) electrons. The summed E-state index contributed by atoms with van der Waals surface area (Å²) < 4.78 is 41.2. The topological polar surface area (TPSA) is 80.6 Å². The number of terminal acetylenes is 1. The van der Waals surface area contributed by atoms with Crippen LogP contribution in [0.5, 0.6) is 11.8 Å². The molecule has 1 N–H and O–H groups in total. The Balaban J connectivity index is 1.69. The molecule has 2 aromatic carbocycles. The molecule has 4 aromatic rings. The number of aromatic nitrogens is 3. The van der Waals surface area contributed by atoms with Crippen LogP contribution in [0.15, 0.2) is 30.5 Å². The van der Waals surface area contributed by atoms with Gasteiger partial charge in [0.05, 0.1) is 18.1 Å². The molecule has 1 saturated heterocycles. The molecule has 3 heterocycles. The highest BCUT2D eigenvalue weighted by molar-refractivity contribution is 6.03. The van der Waals surface area contributed by atoms with E-state index in [1.54, 1.807) is 7.11 Å². The van der Waals surface area contributed by atoms with Gasteiger partial charge in [-0.3, -0.25) is 4.98 Å². The largest absolute Gasteiger partial charge is 0.508 e. The molecule has 1 fully saturated rings. The van der Waals surface area contributed by atoms with E-state index in [1.807, 2.05) is 0 Å². The van der Waals surface area contributed by atoms with Gasteiger partial charge in [-0.1, -0.05) is 12.0 Å². The first-order valence-electron chi connectivity index (χ1n) is 11.5. The van der Waals surface area contributed by atoms with Crippen LogP contribution in [0.2, 0.25) is 0 Å². The Hall–Kier alpha value is -4.03. The van der Waals surface area contributed by atoms with Crippen molar-refractivity contribution in [1.29, 1.82) is 0 Å². The van der Waals surface area contributed by atoms with Gasteiger partial charge in [0, 0.05) is 44.0 Å². The van der Waals surface area contributed by atoms with Gasteiger partial charge in [0.1, 0.15) is 28.6 Å². The normalized spacial score (nSPS) is 14.4. The Labute approximate surface area is 206 Å². The highest BCUT2D eigenvalue weighted by atomic mass is 19.1. The number of phenolic OH excluding ortho intramolecular Hbond substituents is 1. The van der Waals surface area contributed by atoms with Gasteiger partial charge in [-0.05, 0) is 42.3 Å². The van der Waals surface area contributed by atoms with Gasteiger partial charge in [-0.25, -0.2) is 8.78 Å². The number of phenols is 1. The Morgan fingerprint density at radius 1 is 1.17 bits per heavy atom. The lowest BCUT2D eigenvalue weighted by Gasteiger charge is -2.33. The zero-order valence-electron chi connectivity index (χ0n) is 19.9. The predicted octanol–water partition coefficient (Wildman–Crippen LogP) is 4.68. The molecular weight excluding hydrogens is 466 g/mol. The third kappa shape index (κ3) is 4.03. The number of piperidine rings is 1. The number of hydrogen-bond donors (Lipinski definition) is 1. The minimum atomic E-state index is -0.747. The summed E-state index contributed by atoms with van der Waals surface area (Å²) in [6, 6.07) is 5.47. The number of pyridine rings is 1. The summed E-state index contributed by atoms with van der Waals surface area (Å²) in [4.78, 5) is 15.2. The molecule has 2 aromatic heterocycles. The SMILES string of the molecule is C#Cc1c(F)ccc2cc(O)cc(-c3ncc4c(N5CCC(COC)CC5)nc(OC)nc4c3F)c12. The quantitative estimate of drug-likeness (QED) is 0.407. The maximum Gasteiger partial charge on any atom is 0.318 e. The van der Waals surface area contributed by atoms with E-state index in [9.17, 15) is 9.50 Å². The number of ether oxygens (including phenoxy) is 2. The molecule has 5 rings (SSSR count). The lowest BCUT2D eigenvalue weighted by atomic mass is 9.95. The Bertz CT molecular complexity index is 1510. The van der Waals surface area contributed by atoms with E-state index in [4.69, 9.17) is 15.9 Å². The molecule has 0 atom stereocenters. The summed E-state index contributed by atoms with van der Waals surface area (Å²) in [6.07, 6.45) is 8.89. The molecule has 0 unspecified atom stereocenters. The number of fused-ring (bicyclic) bond motifs is 2. The van der Waals surface area contributed by atoms with Gasteiger partial charge < -0.3 is 19.5 Å². The van der Waals surface area contributed by atoms with Gasteiger partial charge in [-0.15, -0.1) is 6.42 Å². The van der Waals surface area contributed by atoms with Gasteiger partial charge in [0.25, 0.3) is 0 Å². The molecule has 36 heavy (non-hydrogen) atoms. The lowest BCUT2D eigenvalue weighted by molar-refractivity contribution is 0.139. The van der Waals surface area contributed by atoms with Crippen LogP contribution < -0.4 is 9.64 Å². The number of rotatable bonds is 5. The highest BCUT2D eigenvalue weighted by Gasteiger charge is 2.26. The molecule has 0 aliphatic carbocycles. The van der Waals surface area contributed by atoms with Gasteiger partial charge in [-0.2, -0.15) is 9.97 Å². The van der Waals surface area contributed by atoms with E-state index in [2.05, 4.69) is 25.8 Å². The summed E-state index contributed by atoms with van der Waals surface area (Å²) in [5.74, 6) is 1.82. The van der Waals surface area contributed by atoms with E-state index < -0.39 is 11.6 Å². The third-order valence-corrected chi connectivity index (χ3v) is 6.59. The van der Waals surface area contributed by atoms with Crippen LogP contribution in [0.4, 0.5) is 14.6 Å². The van der Waals surface area contributed by atoms with Gasteiger partial charge in [0.2, 0.25) is 0 Å². The van der Waals surface area contributed by atoms with Gasteiger partial charge in [0.15, 0.2) is 5.82 Å². The number of hydrogen-bond acceptors (Lipinski definition) is 7. The summed E-state index contributed by atoms with van der Waals surface area (Å²) in [5, 5.41) is 11.5. The maximum absolute atomic E-state index is 16.1. The van der Waals surface area contributed by atoms with Crippen molar-refractivity contribution >= 4 is 27.5 Å². The summed E-state index contributed by atoms with van der Waals surface area (Å²) in [7, 11) is 3.11. The van der Waals surface area contributed by atoms with Gasteiger partial charge >= 0.3 is 6.01 Å². The van der Waals surface area contributed by atoms with Crippen LogP contribution >= 0.6 is 0 Å². The van der Waals surface area contributed by atoms with Crippen LogP contribution in [-0.2, 0) is 4.74 Å². The standard InChI is InChI=1S/C27H24F2N4O3/c1-4-18-21(28)6-5-16-11-17(34)12-19(22(16)18)24-23(29)25-20(13-30-24)26(32-27(31-25)36-3)33-9-7-15(8-10-33)14-35-2/h1,5-6,11-13,15,34H,7-10,14H2,2-3H3. The second kappa shape index (κ2) is 9.55. The molecule has 1 aliphatic rings. The smallest absolute Gasteiger partial charge is 0.318 e. The van der Waals surface area contributed by atoms with Crippen molar-refractivity contribution in [1.82, 2.24) is 15.0 Å². The second-order valence-electron chi connectivity index (χ2n) is 8.76. The summed E-state index contributed by atoms with van der Waals surface area (Å²) >= 11 is 0. The molecular formula is C27H24F2N4O3. The zero-order chi connectivity index (χ0) is 25.4. The Kier molecular flexibility index (Phi) is 6.29. The predicted molar refractivity (Wildman–Crippen MR) is 133 cm³/mol. The molecule has 7 nitrogen and oxygen atoms in total. The van der Waals surface area contributed by atoms with E-state index in [1.165, 1.54) is 37.6 Å². The first kappa shape index (κ1) is 23.7. The Morgan fingerprint density at radius 3 is 2.64 bits per heavy atom. The number of nitrogens with zero attached hydrogens (tertiary/aromatic N) is 4. The van der Waals surface area contributed by atoms with Crippen molar-refractivity contribution in [2.24, 2.45) is 5.92 Å². The molecule has 0 bridgehead atoms. The summed E-state index contributed by atoms with van der Waals surface area (Å²) in [6.45, 7) is 2.13. The number of methoxy groups -OCH3 is 2. The number of halogens is 2. The van der Waals surface area contributed by atoms with Crippen molar-refractivity contribution in [3.63, 3.8) is 0 Å². The minimum absolute atomic E-state index is 0.0102. The number of anilines is 1. The van der Waals surface area contributed by atoms with E-state index in [0.29, 0.717) is 42.2 Å². The van der Waals surface area contributed by atoms with E-state index >= 15 is 4.39 Å². The van der Waals surface area contributed by atoms with Crippen LogP contribution in [0, 0.1) is 29.9 Å². The first-order valence-corrected chi connectivity index (χ1v) is 11.5. The molecule has 184 valence electrons. The van der Waals surface area contributed by atoms with Crippen LogP contribution in [0.25, 0.3) is 32.9 Å². The van der Waals surface area contributed by atoms with Crippen molar-refractivity contribution in [2.75, 3.05) is 38.8 Å². The number of benzene rings is 2. The van der Waals surface area contributed by atoms with Crippen molar-refractivity contribution < 1.29 is 23.4 Å². The van der Waals surface area contributed by atoms with Crippen LogP contribution in [0.1, 0.15) is 18.4 Å². The average molecular weight is 491 g/mol. The van der Waals surface area contributed by atoms with Crippen molar-refractivity contribution in [2.45, 2.75) is 12.8 Å². The second-order valence-corrected chi connectivity index (χ2v) is 8.76. The fourth-order valence-electron chi connectivity index (χ4n) is 4.84. The highest BCUT2D eigenvalue weighted by Crippen LogP contribution is 2.39. The first-order chi connectivity index (χ1) is 17.4. The third-order valence-electron chi connectivity index (χ3n) is 6.59. The van der Waals surface area contributed by atoms with Crippen molar-refractivity contribution in [3.8, 4) is 35.4 Å². The monoisotopic (exact) mass is 490 g/mol. The molecule has 1 aliphatic heterocycles. The molecule has 9 heteroatoms. The van der Waals surface area contributed by atoms with Crippen LogP contribution in [-0.4, -0.2) is 54.0 Å². The van der Waals surface area contributed by atoms with E-state index in [0.717, 1.165) is 12.8 Å². The Morgan fingerprint density at radius 2 is 1.94 bits per heavy atom. The van der Waals surface area contributed by atoms with E-state index in [-0.39, 0.29) is 39.5 Å². The zero-order valence-corrected chi connectivity index (χ0v) is 19.9.